The van der Waals surface area contributed by atoms with Crippen molar-refractivity contribution in [2.24, 2.45) is 0 Å². The molecule has 1 aliphatic heterocycles. The second kappa shape index (κ2) is 7.36. The predicted molar refractivity (Wildman–Crippen MR) is 89.0 cm³/mol. The van der Waals surface area contributed by atoms with Gasteiger partial charge in [-0.05, 0) is 40.9 Å². The van der Waals surface area contributed by atoms with Gasteiger partial charge in [-0.15, -0.1) is 12.4 Å². The summed E-state index contributed by atoms with van der Waals surface area (Å²) in [6.07, 6.45) is 0. The highest BCUT2D eigenvalue weighted by Gasteiger charge is 2.26. The number of nitrogens with zero attached hydrogens (tertiary/aromatic N) is 1. The van der Waals surface area contributed by atoms with Gasteiger partial charge in [0, 0.05) is 31.7 Å². The van der Waals surface area contributed by atoms with Crippen molar-refractivity contribution < 1.29 is 4.39 Å². The monoisotopic (exact) mass is 326 g/mol. The van der Waals surface area contributed by atoms with Gasteiger partial charge < -0.3 is 5.32 Å². The Hall–Kier alpha value is -0.940. The topological polar surface area (TPSA) is 15.3 Å². The maximum Gasteiger partial charge on any atom is 0.128 e. The van der Waals surface area contributed by atoms with E-state index in [0.717, 1.165) is 37.3 Å². The van der Waals surface area contributed by atoms with E-state index in [0.29, 0.717) is 0 Å². The number of piperazine rings is 1. The van der Waals surface area contributed by atoms with Crippen molar-refractivity contribution >= 4 is 23.7 Å². The highest BCUT2D eigenvalue weighted by molar-refractivity contribution is 7.08. The Bertz CT molecular complexity index is 568. The van der Waals surface area contributed by atoms with Gasteiger partial charge in [0.15, 0.2) is 0 Å². The number of thiophene rings is 1. The first-order valence-electron chi connectivity index (χ1n) is 6.98. The van der Waals surface area contributed by atoms with E-state index >= 15 is 0 Å². The van der Waals surface area contributed by atoms with Crippen LogP contribution in [0.1, 0.15) is 22.7 Å². The quantitative estimate of drug-likeness (QED) is 0.927. The van der Waals surface area contributed by atoms with E-state index in [9.17, 15) is 4.39 Å². The predicted octanol–water partition coefficient (Wildman–Crippen LogP) is 3.61. The lowest BCUT2D eigenvalue weighted by atomic mass is 9.97. The molecule has 0 amide bonds. The Kier molecular flexibility index (Phi) is 5.76. The second-order valence-corrected chi connectivity index (χ2v) is 6.05. The van der Waals surface area contributed by atoms with E-state index in [1.165, 1.54) is 5.56 Å². The molecule has 0 unspecified atom stereocenters. The lowest BCUT2D eigenvalue weighted by Crippen LogP contribution is -2.45. The summed E-state index contributed by atoms with van der Waals surface area (Å²) in [7, 11) is 0. The van der Waals surface area contributed by atoms with Gasteiger partial charge in [-0.1, -0.05) is 12.1 Å². The van der Waals surface area contributed by atoms with Gasteiger partial charge >= 0.3 is 0 Å². The zero-order valence-electron chi connectivity index (χ0n) is 12.0. The minimum atomic E-state index is -0.0975. The zero-order chi connectivity index (χ0) is 13.9. The third-order valence-corrected chi connectivity index (χ3v) is 4.53. The summed E-state index contributed by atoms with van der Waals surface area (Å²) >= 11 is 1.67. The first-order chi connectivity index (χ1) is 9.75. The summed E-state index contributed by atoms with van der Waals surface area (Å²) in [6, 6.07) is 7.71. The molecule has 1 fully saturated rings. The lowest BCUT2D eigenvalue weighted by Gasteiger charge is -2.35. The molecule has 2 aromatic rings. The summed E-state index contributed by atoms with van der Waals surface area (Å²) in [5, 5.41) is 7.55. The number of rotatable bonds is 3. The van der Waals surface area contributed by atoms with E-state index in [2.05, 4.69) is 27.0 Å². The number of hydrogen-bond acceptors (Lipinski definition) is 3. The molecule has 0 bridgehead atoms. The number of halogens is 2. The van der Waals surface area contributed by atoms with Crippen LogP contribution in [0.15, 0.2) is 35.0 Å². The molecule has 3 rings (SSSR count). The van der Waals surface area contributed by atoms with Crippen molar-refractivity contribution in [2.45, 2.75) is 13.0 Å². The Morgan fingerprint density at radius 2 is 2.00 bits per heavy atom. The third kappa shape index (κ3) is 3.64. The van der Waals surface area contributed by atoms with Gasteiger partial charge in [0.25, 0.3) is 0 Å². The Morgan fingerprint density at radius 3 is 2.62 bits per heavy atom. The highest BCUT2D eigenvalue weighted by atomic mass is 35.5. The summed E-state index contributed by atoms with van der Waals surface area (Å²) in [5.41, 5.74) is 2.95. The molecule has 2 nitrogen and oxygen atoms in total. The number of hydrogen-bond donors (Lipinski definition) is 1. The molecule has 21 heavy (non-hydrogen) atoms. The lowest BCUT2D eigenvalue weighted by molar-refractivity contribution is 0.195. The van der Waals surface area contributed by atoms with Crippen LogP contribution in [-0.2, 0) is 0 Å². The summed E-state index contributed by atoms with van der Waals surface area (Å²) in [4.78, 5) is 2.37. The molecule has 0 radical (unpaired) electrons. The summed E-state index contributed by atoms with van der Waals surface area (Å²) < 4.78 is 14.4. The first kappa shape index (κ1) is 16.4. The smallest absolute Gasteiger partial charge is 0.128 e. The third-order valence-electron chi connectivity index (χ3n) is 3.83. The minimum Gasteiger partial charge on any atom is -0.314 e. The number of aryl methyl sites for hydroxylation is 1. The second-order valence-electron chi connectivity index (χ2n) is 5.27. The van der Waals surface area contributed by atoms with E-state index in [1.54, 1.807) is 17.4 Å². The van der Waals surface area contributed by atoms with Crippen LogP contribution < -0.4 is 5.32 Å². The molecule has 0 spiro atoms. The van der Waals surface area contributed by atoms with Gasteiger partial charge in [0.05, 0.1) is 6.04 Å². The Balaban J connectivity index is 0.00000161. The van der Waals surface area contributed by atoms with Gasteiger partial charge in [-0.25, -0.2) is 4.39 Å². The molecule has 1 aromatic carbocycles. The number of benzene rings is 1. The molecule has 1 aromatic heterocycles. The van der Waals surface area contributed by atoms with Crippen LogP contribution in [0.25, 0.3) is 0 Å². The van der Waals surface area contributed by atoms with Crippen LogP contribution in [0.2, 0.25) is 0 Å². The van der Waals surface area contributed by atoms with Gasteiger partial charge in [-0.2, -0.15) is 11.3 Å². The molecule has 1 aliphatic rings. The fourth-order valence-corrected chi connectivity index (χ4v) is 3.49. The van der Waals surface area contributed by atoms with Crippen molar-refractivity contribution in [2.75, 3.05) is 26.2 Å². The highest BCUT2D eigenvalue weighted by Crippen LogP contribution is 2.32. The van der Waals surface area contributed by atoms with Gasteiger partial charge in [0.2, 0.25) is 0 Å². The van der Waals surface area contributed by atoms with Crippen molar-refractivity contribution in [3.05, 3.63) is 57.5 Å². The standard InChI is InChI=1S/C16H19FN2S.ClH/c1-12-2-3-14(15(17)10-12)16(13-4-9-20-11-13)19-7-5-18-6-8-19;/h2-4,9-11,16,18H,5-8H2,1H3;1H/t16-;/m0./s1. The maximum absolute atomic E-state index is 14.4. The van der Waals surface area contributed by atoms with Crippen LogP contribution in [0, 0.1) is 12.7 Å². The van der Waals surface area contributed by atoms with E-state index in [1.807, 2.05) is 19.1 Å². The molecular formula is C16H20ClFN2S. The number of nitrogens with one attached hydrogen (secondary N) is 1. The van der Waals surface area contributed by atoms with Crippen LogP contribution in [0.3, 0.4) is 0 Å². The molecule has 1 atom stereocenters. The van der Waals surface area contributed by atoms with Crippen LogP contribution in [0.5, 0.6) is 0 Å². The van der Waals surface area contributed by atoms with Crippen molar-refractivity contribution in [3.63, 3.8) is 0 Å². The average Bonchev–Trinajstić information content (AvgIpc) is 2.97. The SMILES string of the molecule is Cc1ccc([C@H](c2ccsc2)N2CCNCC2)c(F)c1.Cl. The molecule has 0 saturated carbocycles. The van der Waals surface area contributed by atoms with Crippen LogP contribution in [-0.4, -0.2) is 31.1 Å². The van der Waals surface area contributed by atoms with Crippen molar-refractivity contribution in [1.82, 2.24) is 10.2 Å². The summed E-state index contributed by atoms with van der Waals surface area (Å²) in [5.74, 6) is -0.0975. The van der Waals surface area contributed by atoms with Gasteiger partial charge in [-0.3, -0.25) is 4.90 Å². The largest absolute Gasteiger partial charge is 0.314 e. The molecule has 1 N–H and O–H groups in total. The molecule has 5 heteroatoms. The fraction of sp³-hybridized carbons (Fsp3) is 0.375. The Labute approximate surface area is 135 Å². The van der Waals surface area contributed by atoms with Gasteiger partial charge in [0.1, 0.15) is 5.82 Å². The van der Waals surface area contributed by atoms with Crippen LogP contribution >= 0.6 is 23.7 Å². The molecule has 0 aliphatic carbocycles. The molecular weight excluding hydrogens is 307 g/mol. The fourth-order valence-electron chi connectivity index (χ4n) is 2.81. The molecule has 1 saturated heterocycles. The Morgan fingerprint density at radius 1 is 1.24 bits per heavy atom. The summed E-state index contributed by atoms with van der Waals surface area (Å²) in [6.45, 7) is 5.77. The maximum atomic E-state index is 14.4. The molecule has 114 valence electrons. The van der Waals surface area contributed by atoms with E-state index in [-0.39, 0.29) is 24.3 Å². The zero-order valence-corrected chi connectivity index (χ0v) is 13.6. The van der Waals surface area contributed by atoms with E-state index in [4.69, 9.17) is 0 Å². The van der Waals surface area contributed by atoms with E-state index < -0.39 is 0 Å². The van der Waals surface area contributed by atoms with Crippen molar-refractivity contribution in [3.8, 4) is 0 Å². The first-order valence-corrected chi connectivity index (χ1v) is 7.93. The van der Waals surface area contributed by atoms with Crippen LogP contribution in [0.4, 0.5) is 4.39 Å². The average molecular weight is 327 g/mol. The minimum absolute atomic E-state index is 0. The molecule has 2 heterocycles. The van der Waals surface area contributed by atoms with Crippen molar-refractivity contribution in [1.29, 1.82) is 0 Å². The normalized spacial score (nSPS) is 17.2.